The van der Waals surface area contributed by atoms with Crippen molar-refractivity contribution in [2.75, 3.05) is 0 Å². The average molecular weight is 361 g/mol. The Labute approximate surface area is 157 Å². The molecule has 0 spiro atoms. The highest BCUT2D eigenvalue weighted by Gasteiger charge is 2.12. The van der Waals surface area contributed by atoms with Crippen LogP contribution in [-0.4, -0.2) is 10.2 Å². The normalized spacial score (nSPS) is 10.9. The topological polar surface area (TPSA) is 35.0 Å². The second kappa shape index (κ2) is 6.77. The van der Waals surface area contributed by atoms with Crippen LogP contribution in [0, 0.1) is 13.8 Å². The fraction of sp³-hybridized carbons (Fsp3) is 0.0909. The van der Waals surface area contributed by atoms with Gasteiger partial charge in [0.25, 0.3) is 0 Å². The first-order valence-corrected chi connectivity index (χ1v) is 8.76. The summed E-state index contributed by atoms with van der Waals surface area (Å²) in [6.45, 7) is 4.14. The smallest absolute Gasteiger partial charge is 0.246 e. The summed E-state index contributed by atoms with van der Waals surface area (Å²) >= 11 is 6.00. The molecule has 0 unspecified atom stereocenters. The molecule has 0 radical (unpaired) electrons. The maximum absolute atomic E-state index is 6.04. The third-order valence-corrected chi connectivity index (χ3v) is 4.72. The molecule has 0 aliphatic carbocycles. The fourth-order valence-corrected chi connectivity index (χ4v) is 2.99. The largest absolute Gasteiger partial charge is 0.437 e. The van der Waals surface area contributed by atoms with Gasteiger partial charge in [0.05, 0.1) is 0 Å². The molecule has 0 bridgehead atoms. The lowest BCUT2D eigenvalue weighted by atomic mass is 10.1. The van der Waals surface area contributed by atoms with Crippen molar-refractivity contribution in [1.82, 2.24) is 10.2 Å². The zero-order valence-corrected chi connectivity index (χ0v) is 15.3. The minimum Gasteiger partial charge on any atom is -0.437 e. The van der Waals surface area contributed by atoms with Gasteiger partial charge in [0, 0.05) is 21.4 Å². The van der Waals surface area contributed by atoms with E-state index < -0.39 is 0 Å². The first-order chi connectivity index (χ1) is 12.6. The van der Waals surface area contributed by atoms with Gasteiger partial charge in [0.15, 0.2) is 0 Å². The highest BCUT2D eigenvalue weighted by Crippen LogP contribution is 2.33. The van der Waals surface area contributed by atoms with Crippen LogP contribution < -0.4 is 4.74 Å². The molecule has 0 atom stereocenters. The molecule has 4 aromatic rings. The summed E-state index contributed by atoms with van der Waals surface area (Å²) in [5.74, 6) is 1.26. The molecule has 128 valence electrons. The molecule has 4 rings (SSSR count). The molecule has 0 aliphatic heterocycles. The van der Waals surface area contributed by atoms with Crippen molar-refractivity contribution in [2.45, 2.75) is 13.8 Å². The van der Waals surface area contributed by atoms with E-state index in [-0.39, 0.29) is 0 Å². The van der Waals surface area contributed by atoms with Gasteiger partial charge in [-0.05, 0) is 55.3 Å². The Balaban J connectivity index is 1.81. The molecule has 3 nitrogen and oxygen atoms in total. The van der Waals surface area contributed by atoms with E-state index in [1.54, 1.807) is 0 Å². The van der Waals surface area contributed by atoms with E-state index in [4.69, 9.17) is 16.3 Å². The first-order valence-electron chi connectivity index (χ1n) is 8.38. The molecule has 1 heterocycles. The Morgan fingerprint density at radius 3 is 2.23 bits per heavy atom. The summed E-state index contributed by atoms with van der Waals surface area (Å²) in [6, 6.07) is 21.6. The summed E-state index contributed by atoms with van der Waals surface area (Å²) in [4.78, 5) is 0. The Morgan fingerprint density at radius 2 is 1.50 bits per heavy atom. The molecule has 26 heavy (non-hydrogen) atoms. The van der Waals surface area contributed by atoms with E-state index >= 15 is 0 Å². The zero-order valence-electron chi connectivity index (χ0n) is 14.5. The highest BCUT2D eigenvalue weighted by molar-refractivity contribution is 6.30. The van der Waals surface area contributed by atoms with Gasteiger partial charge in [0.2, 0.25) is 5.88 Å². The number of fused-ring (bicyclic) bond motifs is 1. The monoisotopic (exact) mass is 360 g/mol. The van der Waals surface area contributed by atoms with Crippen molar-refractivity contribution in [1.29, 1.82) is 0 Å². The molecule has 1 aromatic heterocycles. The minimum absolute atomic E-state index is 0.501. The van der Waals surface area contributed by atoms with E-state index in [0.29, 0.717) is 10.9 Å². The number of aryl methyl sites for hydroxylation is 2. The average Bonchev–Trinajstić information content (AvgIpc) is 2.66. The molecule has 0 saturated heterocycles. The summed E-state index contributed by atoms with van der Waals surface area (Å²) in [6.07, 6.45) is 0. The molecule has 0 amide bonds. The Bertz CT molecular complexity index is 1090. The summed E-state index contributed by atoms with van der Waals surface area (Å²) < 4.78 is 6.04. The third-order valence-electron chi connectivity index (χ3n) is 4.46. The minimum atomic E-state index is 0.501. The molecule has 0 saturated carbocycles. The Morgan fingerprint density at radius 1 is 0.769 bits per heavy atom. The summed E-state index contributed by atoms with van der Waals surface area (Å²) in [5.41, 5.74) is 4.18. The second-order valence-corrected chi connectivity index (χ2v) is 6.69. The quantitative estimate of drug-likeness (QED) is 0.426. The predicted octanol–water partition coefficient (Wildman–Crippen LogP) is 6.36. The van der Waals surface area contributed by atoms with Crippen LogP contribution in [0.25, 0.3) is 22.0 Å². The highest BCUT2D eigenvalue weighted by atomic mass is 35.5. The molecular formula is C22H17ClN2O. The van der Waals surface area contributed by atoms with Crippen LogP contribution in [0.15, 0.2) is 66.7 Å². The third kappa shape index (κ3) is 3.14. The van der Waals surface area contributed by atoms with Gasteiger partial charge in [-0.2, -0.15) is 0 Å². The summed E-state index contributed by atoms with van der Waals surface area (Å²) in [5, 5.41) is 11.4. The van der Waals surface area contributed by atoms with Crippen LogP contribution in [0.2, 0.25) is 5.02 Å². The van der Waals surface area contributed by atoms with Crippen LogP contribution in [0.1, 0.15) is 11.1 Å². The lowest BCUT2D eigenvalue weighted by Crippen LogP contribution is -1.96. The van der Waals surface area contributed by atoms with E-state index in [1.807, 2.05) is 66.7 Å². The number of halogens is 1. The molecular weight excluding hydrogens is 344 g/mol. The number of hydrogen-bond acceptors (Lipinski definition) is 3. The Hall–Kier alpha value is -2.91. The van der Waals surface area contributed by atoms with Gasteiger partial charge >= 0.3 is 0 Å². The number of benzene rings is 3. The van der Waals surface area contributed by atoms with Gasteiger partial charge in [-0.3, -0.25) is 0 Å². The van der Waals surface area contributed by atoms with Gasteiger partial charge in [0.1, 0.15) is 11.4 Å². The molecule has 0 aliphatic rings. The van der Waals surface area contributed by atoms with Crippen molar-refractivity contribution >= 4 is 22.4 Å². The van der Waals surface area contributed by atoms with Gasteiger partial charge < -0.3 is 4.74 Å². The van der Waals surface area contributed by atoms with Crippen LogP contribution in [0.5, 0.6) is 11.6 Å². The molecule has 3 aromatic carbocycles. The number of rotatable bonds is 3. The van der Waals surface area contributed by atoms with Crippen LogP contribution >= 0.6 is 11.6 Å². The number of nitrogens with zero attached hydrogens (tertiary/aromatic N) is 2. The summed E-state index contributed by atoms with van der Waals surface area (Å²) in [7, 11) is 0. The van der Waals surface area contributed by atoms with Gasteiger partial charge in [-0.25, -0.2) is 0 Å². The predicted molar refractivity (Wildman–Crippen MR) is 106 cm³/mol. The van der Waals surface area contributed by atoms with Crippen molar-refractivity contribution in [3.8, 4) is 22.9 Å². The van der Waals surface area contributed by atoms with Crippen molar-refractivity contribution in [2.24, 2.45) is 0 Å². The van der Waals surface area contributed by atoms with Gasteiger partial charge in [-0.15, -0.1) is 10.2 Å². The van der Waals surface area contributed by atoms with E-state index in [9.17, 15) is 0 Å². The Kier molecular flexibility index (Phi) is 4.31. The first kappa shape index (κ1) is 16.6. The zero-order chi connectivity index (χ0) is 18.1. The van der Waals surface area contributed by atoms with Gasteiger partial charge in [-0.1, -0.05) is 48.0 Å². The number of aromatic nitrogens is 2. The standard InChI is InChI=1S/C22H17ClN2O/c1-14-7-12-18(13-15(14)2)26-22-20-6-4-3-5-19(20)21(24-25-22)16-8-10-17(23)11-9-16/h3-13H,1-2H3. The maximum Gasteiger partial charge on any atom is 0.246 e. The number of ether oxygens (including phenoxy) is 1. The van der Waals surface area contributed by atoms with Crippen LogP contribution in [0.3, 0.4) is 0 Å². The lowest BCUT2D eigenvalue weighted by Gasteiger charge is -2.11. The SMILES string of the molecule is Cc1ccc(Oc2nnc(-c3ccc(Cl)cc3)c3ccccc23)cc1C. The van der Waals surface area contributed by atoms with Crippen LogP contribution in [-0.2, 0) is 0 Å². The lowest BCUT2D eigenvalue weighted by molar-refractivity contribution is 0.461. The van der Waals surface area contributed by atoms with E-state index in [0.717, 1.165) is 27.8 Å². The van der Waals surface area contributed by atoms with Crippen LogP contribution in [0.4, 0.5) is 0 Å². The van der Waals surface area contributed by atoms with E-state index in [2.05, 4.69) is 24.0 Å². The second-order valence-electron chi connectivity index (χ2n) is 6.25. The molecule has 4 heteroatoms. The maximum atomic E-state index is 6.04. The fourth-order valence-electron chi connectivity index (χ4n) is 2.86. The van der Waals surface area contributed by atoms with Crippen molar-refractivity contribution in [3.05, 3.63) is 82.9 Å². The van der Waals surface area contributed by atoms with E-state index in [1.165, 1.54) is 11.1 Å². The van der Waals surface area contributed by atoms with Crippen molar-refractivity contribution in [3.63, 3.8) is 0 Å². The number of hydrogen-bond donors (Lipinski definition) is 0. The molecule has 0 fully saturated rings. The van der Waals surface area contributed by atoms with Crippen molar-refractivity contribution < 1.29 is 4.74 Å². The molecule has 0 N–H and O–H groups in total.